The number of rotatable bonds is 5. The van der Waals surface area contributed by atoms with Crippen LogP contribution in [0.3, 0.4) is 0 Å². The third kappa shape index (κ3) is 3.38. The third-order valence-corrected chi connectivity index (χ3v) is 3.14. The SMILES string of the molecule is O=C(O)c1ccccc1C(=O)C=Cc1cc(O)c(O)c([N+](=O)[O-])c1. The Hall–Kier alpha value is -3.68. The zero-order valence-corrected chi connectivity index (χ0v) is 12.0. The summed E-state index contributed by atoms with van der Waals surface area (Å²) in [5, 5.41) is 38.7. The standard InChI is InChI=1S/C16H11NO7/c18-13(10-3-1-2-4-11(10)16(21)22)6-5-9-7-12(17(23)24)15(20)14(19)8-9/h1-8,19-20H,(H,21,22). The van der Waals surface area contributed by atoms with E-state index in [1.165, 1.54) is 30.3 Å². The van der Waals surface area contributed by atoms with E-state index in [2.05, 4.69) is 0 Å². The van der Waals surface area contributed by atoms with Gasteiger partial charge in [0.05, 0.1) is 10.5 Å². The molecule has 0 fully saturated rings. The Morgan fingerprint density at radius 2 is 1.71 bits per heavy atom. The van der Waals surface area contributed by atoms with Gasteiger partial charge in [-0.3, -0.25) is 14.9 Å². The number of carboxylic acids is 1. The molecule has 0 aliphatic heterocycles. The van der Waals surface area contributed by atoms with Crippen LogP contribution in [0.5, 0.6) is 11.5 Å². The third-order valence-electron chi connectivity index (χ3n) is 3.14. The lowest BCUT2D eigenvalue weighted by Gasteiger charge is -2.02. The maximum absolute atomic E-state index is 12.1. The molecule has 0 spiro atoms. The van der Waals surface area contributed by atoms with Gasteiger partial charge < -0.3 is 15.3 Å². The summed E-state index contributed by atoms with van der Waals surface area (Å²) in [5.41, 5.74) is -0.836. The van der Waals surface area contributed by atoms with E-state index in [9.17, 15) is 29.9 Å². The van der Waals surface area contributed by atoms with Crippen LogP contribution in [0.2, 0.25) is 0 Å². The Morgan fingerprint density at radius 3 is 2.29 bits per heavy atom. The summed E-state index contributed by atoms with van der Waals surface area (Å²) in [5.74, 6) is -3.46. The molecular weight excluding hydrogens is 318 g/mol. The predicted octanol–water partition coefficient (Wildman–Crippen LogP) is 2.60. The first-order chi connectivity index (χ1) is 11.3. The molecule has 24 heavy (non-hydrogen) atoms. The number of allylic oxidation sites excluding steroid dienone is 1. The number of aromatic carboxylic acids is 1. The van der Waals surface area contributed by atoms with Crippen LogP contribution in [0.25, 0.3) is 6.08 Å². The summed E-state index contributed by atoms with van der Waals surface area (Å²) in [6, 6.07) is 7.61. The second-order valence-electron chi connectivity index (χ2n) is 4.71. The van der Waals surface area contributed by atoms with Gasteiger partial charge in [0.2, 0.25) is 5.75 Å². The lowest BCUT2D eigenvalue weighted by atomic mass is 10.0. The first-order valence-corrected chi connectivity index (χ1v) is 6.56. The number of hydrogen-bond donors (Lipinski definition) is 3. The van der Waals surface area contributed by atoms with E-state index in [-0.39, 0.29) is 16.7 Å². The molecule has 0 saturated heterocycles. The first-order valence-electron chi connectivity index (χ1n) is 6.56. The van der Waals surface area contributed by atoms with Crippen LogP contribution in [0.4, 0.5) is 5.69 Å². The molecule has 122 valence electrons. The molecule has 0 saturated carbocycles. The number of phenols is 2. The van der Waals surface area contributed by atoms with Crippen LogP contribution in [-0.4, -0.2) is 32.0 Å². The Kier molecular flexibility index (Phi) is 4.60. The van der Waals surface area contributed by atoms with Crippen LogP contribution in [0, 0.1) is 10.1 Å². The first kappa shape index (κ1) is 16.7. The number of carbonyl (C=O) groups excluding carboxylic acids is 1. The Balaban J connectivity index is 2.37. The molecule has 2 aromatic carbocycles. The summed E-state index contributed by atoms with van der Waals surface area (Å²) < 4.78 is 0. The fraction of sp³-hybridized carbons (Fsp3) is 0. The molecule has 0 unspecified atom stereocenters. The van der Waals surface area contributed by atoms with E-state index in [0.29, 0.717) is 0 Å². The van der Waals surface area contributed by atoms with E-state index in [1.807, 2.05) is 0 Å². The zero-order chi connectivity index (χ0) is 17.9. The van der Waals surface area contributed by atoms with Crippen LogP contribution in [0.1, 0.15) is 26.3 Å². The number of nitro groups is 1. The van der Waals surface area contributed by atoms with E-state index >= 15 is 0 Å². The van der Waals surface area contributed by atoms with Crippen LogP contribution >= 0.6 is 0 Å². The van der Waals surface area contributed by atoms with E-state index in [0.717, 1.165) is 18.2 Å². The Labute approximate surface area is 135 Å². The number of phenolic OH excluding ortho intramolecular Hbond substituents is 2. The monoisotopic (exact) mass is 329 g/mol. The highest BCUT2D eigenvalue weighted by Gasteiger charge is 2.18. The van der Waals surface area contributed by atoms with Crippen LogP contribution in [-0.2, 0) is 0 Å². The molecule has 0 atom stereocenters. The van der Waals surface area contributed by atoms with Crippen molar-refractivity contribution < 1.29 is 29.8 Å². The summed E-state index contributed by atoms with van der Waals surface area (Å²) in [7, 11) is 0. The smallest absolute Gasteiger partial charge is 0.336 e. The average Bonchev–Trinajstić information content (AvgIpc) is 2.55. The molecule has 0 amide bonds. The minimum absolute atomic E-state index is 0.0428. The molecule has 8 nitrogen and oxygen atoms in total. The molecule has 3 N–H and O–H groups in total. The van der Waals surface area contributed by atoms with Crippen molar-refractivity contribution in [1.29, 1.82) is 0 Å². The summed E-state index contributed by atoms with van der Waals surface area (Å²) in [4.78, 5) is 33.1. The van der Waals surface area contributed by atoms with Gasteiger partial charge in [0, 0.05) is 11.6 Å². The van der Waals surface area contributed by atoms with Crippen molar-refractivity contribution in [2.24, 2.45) is 0 Å². The summed E-state index contributed by atoms with van der Waals surface area (Å²) >= 11 is 0. The van der Waals surface area contributed by atoms with Gasteiger partial charge in [-0.15, -0.1) is 0 Å². The highest BCUT2D eigenvalue weighted by molar-refractivity contribution is 6.12. The number of nitrogens with zero attached hydrogens (tertiary/aromatic N) is 1. The van der Waals surface area contributed by atoms with Gasteiger partial charge in [-0.2, -0.15) is 0 Å². The molecular formula is C16H11NO7. The van der Waals surface area contributed by atoms with Crippen molar-refractivity contribution in [2.45, 2.75) is 0 Å². The van der Waals surface area contributed by atoms with Crippen molar-refractivity contribution in [3.8, 4) is 11.5 Å². The lowest BCUT2D eigenvalue weighted by molar-refractivity contribution is -0.386. The van der Waals surface area contributed by atoms with Crippen molar-refractivity contribution in [2.75, 3.05) is 0 Å². The molecule has 0 heterocycles. The normalized spacial score (nSPS) is 10.7. The zero-order valence-electron chi connectivity index (χ0n) is 12.0. The minimum Gasteiger partial charge on any atom is -0.504 e. The molecule has 0 aliphatic carbocycles. The average molecular weight is 329 g/mol. The topological polar surface area (TPSA) is 138 Å². The number of nitro benzene ring substituents is 1. The quantitative estimate of drug-likeness (QED) is 0.252. The fourth-order valence-corrected chi connectivity index (χ4v) is 2.01. The van der Waals surface area contributed by atoms with Gasteiger partial charge in [0.15, 0.2) is 11.5 Å². The number of carboxylic acid groups (broad SMARTS) is 1. The highest BCUT2D eigenvalue weighted by Crippen LogP contribution is 2.36. The van der Waals surface area contributed by atoms with E-state index < -0.39 is 33.9 Å². The van der Waals surface area contributed by atoms with Gasteiger partial charge in [-0.05, 0) is 23.8 Å². The van der Waals surface area contributed by atoms with Gasteiger partial charge in [-0.25, -0.2) is 4.79 Å². The summed E-state index contributed by atoms with van der Waals surface area (Å²) in [6.45, 7) is 0. The van der Waals surface area contributed by atoms with Gasteiger partial charge >= 0.3 is 11.7 Å². The molecule has 8 heteroatoms. The van der Waals surface area contributed by atoms with Crippen molar-refractivity contribution >= 4 is 23.5 Å². The number of ketones is 1. The van der Waals surface area contributed by atoms with E-state index in [1.54, 1.807) is 0 Å². The highest BCUT2D eigenvalue weighted by atomic mass is 16.6. The molecule has 2 rings (SSSR count). The molecule has 0 radical (unpaired) electrons. The van der Waals surface area contributed by atoms with Crippen molar-refractivity contribution in [3.05, 3.63) is 69.3 Å². The molecule has 0 aliphatic rings. The molecule has 2 aromatic rings. The maximum atomic E-state index is 12.1. The van der Waals surface area contributed by atoms with Gasteiger partial charge in [-0.1, -0.05) is 24.3 Å². The maximum Gasteiger partial charge on any atom is 0.336 e. The van der Waals surface area contributed by atoms with Gasteiger partial charge in [0.25, 0.3) is 0 Å². The fourth-order valence-electron chi connectivity index (χ4n) is 2.01. The van der Waals surface area contributed by atoms with Crippen molar-refractivity contribution in [3.63, 3.8) is 0 Å². The lowest BCUT2D eigenvalue weighted by Crippen LogP contribution is -2.06. The molecule has 0 bridgehead atoms. The van der Waals surface area contributed by atoms with Crippen molar-refractivity contribution in [1.82, 2.24) is 0 Å². The number of hydrogen-bond acceptors (Lipinski definition) is 6. The Morgan fingerprint density at radius 1 is 1.08 bits per heavy atom. The van der Waals surface area contributed by atoms with Crippen LogP contribution < -0.4 is 0 Å². The number of aromatic hydroxyl groups is 2. The molecule has 0 aromatic heterocycles. The van der Waals surface area contributed by atoms with Crippen LogP contribution in [0.15, 0.2) is 42.5 Å². The second kappa shape index (κ2) is 6.61. The largest absolute Gasteiger partial charge is 0.504 e. The Bertz CT molecular complexity index is 871. The number of benzene rings is 2. The summed E-state index contributed by atoms with van der Waals surface area (Å²) in [6.07, 6.45) is 2.20. The minimum atomic E-state index is -1.26. The van der Waals surface area contributed by atoms with E-state index in [4.69, 9.17) is 5.11 Å². The second-order valence-corrected chi connectivity index (χ2v) is 4.71. The predicted molar refractivity (Wildman–Crippen MR) is 83.2 cm³/mol. The van der Waals surface area contributed by atoms with Gasteiger partial charge in [0.1, 0.15) is 0 Å². The number of carbonyl (C=O) groups is 2.